The Hall–Kier alpha value is -2.02. The molecule has 0 amide bonds. The number of aromatic nitrogens is 3. The van der Waals surface area contributed by atoms with Gasteiger partial charge in [0.15, 0.2) is 11.1 Å². The van der Waals surface area contributed by atoms with Crippen molar-refractivity contribution >= 4 is 17.7 Å². The van der Waals surface area contributed by atoms with Gasteiger partial charge in [0.1, 0.15) is 5.82 Å². The number of hydrogen-bond donors (Lipinski definition) is 2. The van der Waals surface area contributed by atoms with E-state index in [1.54, 1.807) is 18.8 Å². The van der Waals surface area contributed by atoms with Crippen LogP contribution >= 0.6 is 11.8 Å². The van der Waals surface area contributed by atoms with E-state index in [9.17, 15) is 0 Å². The number of nitrogens with one attached hydrogen (secondary N) is 2. The maximum absolute atomic E-state index is 4.38. The molecule has 0 aliphatic carbocycles. The second-order valence-electron chi connectivity index (χ2n) is 7.05. The number of benzene rings is 1. The number of aryl methyl sites for hydroxylation is 2. The van der Waals surface area contributed by atoms with E-state index in [1.807, 2.05) is 0 Å². The fourth-order valence-electron chi connectivity index (χ4n) is 2.89. The topological polar surface area (TPSA) is 67.1 Å². The summed E-state index contributed by atoms with van der Waals surface area (Å²) in [7, 11) is 1.80. The Bertz CT molecular complexity index is 738. The van der Waals surface area contributed by atoms with Crippen molar-refractivity contribution in [3.63, 3.8) is 0 Å². The number of aliphatic imine (C=N–C) groups is 1. The molecular formula is C20H32N6S. The molecule has 1 heterocycles. The second kappa shape index (κ2) is 11.0. The Labute approximate surface area is 167 Å². The molecule has 0 saturated heterocycles. The summed E-state index contributed by atoms with van der Waals surface area (Å²) in [5, 5.41) is 16.4. The van der Waals surface area contributed by atoms with Crippen LogP contribution < -0.4 is 10.6 Å². The maximum Gasteiger partial charge on any atom is 0.191 e. The van der Waals surface area contributed by atoms with Crippen molar-refractivity contribution < 1.29 is 0 Å². The van der Waals surface area contributed by atoms with Gasteiger partial charge >= 0.3 is 0 Å². The summed E-state index contributed by atoms with van der Waals surface area (Å²) in [4.78, 5) is 4.30. The van der Waals surface area contributed by atoms with Crippen LogP contribution in [0.3, 0.4) is 0 Å². The molecule has 2 aromatic rings. The van der Waals surface area contributed by atoms with Crippen molar-refractivity contribution in [2.45, 2.75) is 51.9 Å². The third-order valence-electron chi connectivity index (χ3n) is 4.16. The molecular weight excluding hydrogens is 356 g/mol. The Morgan fingerprint density at radius 3 is 2.74 bits per heavy atom. The van der Waals surface area contributed by atoms with Crippen LogP contribution in [0.4, 0.5) is 0 Å². The lowest BCUT2D eigenvalue weighted by atomic mass is 10.1. The lowest BCUT2D eigenvalue weighted by Crippen LogP contribution is -2.37. The van der Waals surface area contributed by atoms with Gasteiger partial charge in [0.05, 0.1) is 0 Å². The van der Waals surface area contributed by atoms with Crippen LogP contribution in [-0.4, -0.2) is 40.6 Å². The predicted octanol–water partition coefficient (Wildman–Crippen LogP) is 3.26. The van der Waals surface area contributed by atoms with Crippen molar-refractivity contribution in [1.29, 1.82) is 0 Å². The lowest BCUT2D eigenvalue weighted by molar-refractivity contribution is 0.477. The fourth-order valence-corrected chi connectivity index (χ4v) is 3.41. The third-order valence-corrected chi connectivity index (χ3v) is 4.83. The van der Waals surface area contributed by atoms with Gasteiger partial charge in [0, 0.05) is 33.1 Å². The number of rotatable bonds is 9. The highest BCUT2D eigenvalue weighted by atomic mass is 32.2. The normalized spacial score (nSPS) is 11.9. The van der Waals surface area contributed by atoms with E-state index < -0.39 is 0 Å². The molecule has 27 heavy (non-hydrogen) atoms. The minimum Gasteiger partial charge on any atom is -0.356 e. The van der Waals surface area contributed by atoms with Gasteiger partial charge in [-0.3, -0.25) is 4.99 Å². The van der Waals surface area contributed by atoms with Crippen molar-refractivity contribution in [2.75, 3.05) is 19.8 Å². The highest BCUT2D eigenvalue weighted by molar-refractivity contribution is 7.98. The Morgan fingerprint density at radius 1 is 1.26 bits per heavy atom. The largest absolute Gasteiger partial charge is 0.356 e. The standard InChI is InChI=1S/C20H32N6S/c1-15(2)14-26-18(24-25-20(26)27-5)10-7-11-22-19(21-4)23-13-17-9-6-8-16(3)12-17/h6,8-9,12,15H,7,10-11,13-14H2,1-5H3,(H2,21,22,23). The van der Waals surface area contributed by atoms with Crippen LogP contribution in [0.15, 0.2) is 34.4 Å². The van der Waals surface area contributed by atoms with Crippen molar-refractivity contribution in [2.24, 2.45) is 10.9 Å². The predicted molar refractivity (Wildman–Crippen MR) is 114 cm³/mol. The van der Waals surface area contributed by atoms with E-state index in [-0.39, 0.29) is 0 Å². The van der Waals surface area contributed by atoms with Crippen LogP contribution in [0.5, 0.6) is 0 Å². The van der Waals surface area contributed by atoms with Gasteiger partial charge in [-0.25, -0.2) is 0 Å². The highest BCUT2D eigenvalue weighted by Crippen LogP contribution is 2.16. The molecule has 0 aliphatic rings. The van der Waals surface area contributed by atoms with E-state index >= 15 is 0 Å². The molecule has 0 unspecified atom stereocenters. The Balaban J connectivity index is 1.79. The van der Waals surface area contributed by atoms with Gasteiger partial charge in [0.25, 0.3) is 0 Å². The van der Waals surface area contributed by atoms with E-state index in [4.69, 9.17) is 0 Å². The SMILES string of the molecule is CN=C(NCCCc1nnc(SC)n1CC(C)C)NCc1cccc(C)c1. The van der Waals surface area contributed by atoms with Gasteiger partial charge in [-0.1, -0.05) is 55.4 Å². The number of nitrogens with zero attached hydrogens (tertiary/aromatic N) is 4. The molecule has 148 valence electrons. The molecule has 2 rings (SSSR count). The van der Waals surface area contributed by atoms with Crippen LogP contribution in [0.1, 0.15) is 37.2 Å². The molecule has 0 saturated carbocycles. The molecule has 0 spiro atoms. The van der Waals surface area contributed by atoms with E-state index in [1.165, 1.54) is 11.1 Å². The summed E-state index contributed by atoms with van der Waals surface area (Å²) >= 11 is 1.66. The van der Waals surface area contributed by atoms with Crippen LogP contribution in [-0.2, 0) is 19.5 Å². The first-order valence-electron chi connectivity index (χ1n) is 9.49. The monoisotopic (exact) mass is 388 g/mol. The average molecular weight is 389 g/mol. The van der Waals surface area contributed by atoms with E-state index in [2.05, 4.69) is 81.7 Å². The van der Waals surface area contributed by atoms with Gasteiger partial charge in [-0.05, 0) is 31.1 Å². The van der Waals surface area contributed by atoms with Crippen molar-refractivity contribution in [1.82, 2.24) is 25.4 Å². The maximum atomic E-state index is 4.38. The molecule has 1 aromatic carbocycles. The summed E-state index contributed by atoms with van der Waals surface area (Å²) in [5.41, 5.74) is 2.52. The number of guanidine groups is 1. The first-order chi connectivity index (χ1) is 13.0. The Morgan fingerprint density at radius 2 is 2.07 bits per heavy atom. The zero-order chi connectivity index (χ0) is 19.6. The van der Waals surface area contributed by atoms with Crippen LogP contribution in [0, 0.1) is 12.8 Å². The zero-order valence-electron chi connectivity index (χ0n) is 17.1. The first kappa shape index (κ1) is 21.3. The summed E-state index contributed by atoms with van der Waals surface area (Å²) in [6.07, 6.45) is 3.94. The van der Waals surface area contributed by atoms with Gasteiger partial charge < -0.3 is 15.2 Å². The summed E-state index contributed by atoms with van der Waals surface area (Å²) in [6, 6.07) is 8.50. The average Bonchev–Trinajstić information content (AvgIpc) is 3.02. The summed E-state index contributed by atoms with van der Waals surface area (Å²) in [5.74, 6) is 2.47. The Kier molecular flexibility index (Phi) is 8.64. The van der Waals surface area contributed by atoms with Crippen molar-refractivity contribution in [3.05, 3.63) is 41.2 Å². The smallest absolute Gasteiger partial charge is 0.191 e. The highest BCUT2D eigenvalue weighted by Gasteiger charge is 2.12. The van der Waals surface area contributed by atoms with Gasteiger partial charge in [0.2, 0.25) is 0 Å². The molecule has 0 bridgehead atoms. The van der Waals surface area contributed by atoms with Crippen molar-refractivity contribution in [3.8, 4) is 0 Å². The number of thioether (sulfide) groups is 1. The molecule has 7 heteroatoms. The minimum atomic E-state index is 0.577. The molecule has 0 fully saturated rings. The fraction of sp³-hybridized carbons (Fsp3) is 0.550. The second-order valence-corrected chi connectivity index (χ2v) is 7.83. The van der Waals surface area contributed by atoms with Crippen LogP contribution in [0.2, 0.25) is 0 Å². The van der Waals surface area contributed by atoms with E-state index in [0.717, 1.165) is 49.4 Å². The number of hydrogen-bond acceptors (Lipinski definition) is 4. The molecule has 6 nitrogen and oxygen atoms in total. The molecule has 0 radical (unpaired) electrons. The lowest BCUT2D eigenvalue weighted by Gasteiger charge is -2.13. The third kappa shape index (κ3) is 6.90. The molecule has 0 aliphatic heterocycles. The van der Waals surface area contributed by atoms with E-state index in [0.29, 0.717) is 5.92 Å². The first-order valence-corrected chi connectivity index (χ1v) is 10.7. The van der Waals surface area contributed by atoms with Crippen LogP contribution in [0.25, 0.3) is 0 Å². The molecule has 0 atom stereocenters. The summed E-state index contributed by atoms with van der Waals surface area (Å²) < 4.78 is 2.25. The van der Waals surface area contributed by atoms with Gasteiger partial charge in [-0.2, -0.15) is 0 Å². The zero-order valence-corrected chi connectivity index (χ0v) is 17.9. The quantitative estimate of drug-likeness (QED) is 0.299. The summed E-state index contributed by atoms with van der Waals surface area (Å²) in [6.45, 7) is 9.12. The van der Waals surface area contributed by atoms with Gasteiger partial charge in [-0.15, -0.1) is 10.2 Å². The minimum absolute atomic E-state index is 0.577. The molecule has 2 N–H and O–H groups in total. The molecule has 1 aromatic heterocycles.